The van der Waals surface area contributed by atoms with Crippen molar-refractivity contribution in [3.63, 3.8) is 0 Å². The van der Waals surface area contributed by atoms with E-state index < -0.39 is 23.6 Å². The summed E-state index contributed by atoms with van der Waals surface area (Å²) in [4.78, 5) is 27.0. The highest BCUT2D eigenvalue weighted by molar-refractivity contribution is 5.89. The maximum atomic E-state index is 13.7. The Kier molecular flexibility index (Phi) is 7.98. The van der Waals surface area contributed by atoms with Crippen LogP contribution in [-0.2, 0) is 26.4 Å². The number of methoxy groups -OCH3 is 1. The van der Waals surface area contributed by atoms with Crippen LogP contribution in [0.5, 0.6) is 0 Å². The van der Waals surface area contributed by atoms with Crippen molar-refractivity contribution in [2.75, 3.05) is 12.4 Å². The van der Waals surface area contributed by atoms with Gasteiger partial charge in [0.15, 0.2) is 5.54 Å². The van der Waals surface area contributed by atoms with Crippen LogP contribution in [0.15, 0.2) is 121 Å². The number of nitrogens with one attached hydrogen (secondary N) is 2. The van der Waals surface area contributed by atoms with Gasteiger partial charge in [0, 0.05) is 5.69 Å². The molecule has 4 aromatic carbocycles. The monoisotopic (exact) mass is 480 g/mol. The normalized spacial score (nSPS) is 13.0. The molecule has 0 aromatic heterocycles. The van der Waals surface area contributed by atoms with Crippen LogP contribution >= 0.6 is 0 Å². The highest BCUT2D eigenvalue weighted by Crippen LogP contribution is 2.39. The lowest BCUT2D eigenvalue weighted by atomic mass is 9.78. The lowest BCUT2D eigenvalue weighted by molar-refractivity contribution is -0.150. The second-order valence-electron chi connectivity index (χ2n) is 8.21. The summed E-state index contributed by atoms with van der Waals surface area (Å²) in [6.07, 6.45) is -0.746. The Morgan fingerprint density at radius 1 is 0.750 bits per heavy atom. The van der Waals surface area contributed by atoms with E-state index in [1.807, 2.05) is 109 Å². The van der Waals surface area contributed by atoms with Gasteiger partial charge in [-0.05, 0) is 28.8 Å². The van der Waals surface area contributed by atoms with E-state index in [9.17, 15) is 9.59 Å². The summed E-state index contributed by atoms with van der Waals surface area (Å²) in [6, 6.07) is 36.6. The van der Waals surface area contributed by atoms with Crippen molar-refractivity contribution >= 4 is 17.7 Å². The summed E-state index contributed by atoms with van der Waals surface area (Å²) in [5.41, 5.74) is 1.28. The fourth-order valence-corrected chi connectivity index (χ4v) is 4.17. The zero-order valence-electron chi connectivity index (χ0n) is 20.0. The van der Waals surface area contributed by atoms with Crippen molar-refractivity contribution in [2.45, 2.75) is 18.2 Å². The molecule has 2 atom stereocenters. The number of alkyl carbamates (subject to hydrolysis) is 1. The molecule has 0 bridgehead atoms. The van der Waals surface area contributed by atoms with E-state index >= 15 is 0 Å². The molecule has 4 aromatic rings. The topological polar surface area (TPSA) is 76.7 Å². The smallest absolute Gasteiger partial charge is 0.408 e. The van der Waals surface area contributed by atoms with Gasteiger partial charge in [0.1, 0.15) is 6.61 Å². The minimum absolute atomic E-state index is 0.0564. The molecule has 6 heteroatoms. The molecule has 1 amide bonds. The van der Waals surface area contributed by atoms with Crippen LogP contribution in [0.4, 0.5) is 10.5 Å². The predicted octanol–water partition coefficient (Wildman–Crippen LogP) is 5.83. The van der Waals surface area contributed by atoms with Crippen molar-refractivity contribution in [3.8, 4) is 0 Å². The molecule has 4 rings (SSSR count). The zero-order chi connectivity index (χ0) is 25.2. The average molecular weight is 481 g/mol. The number of benzene rings is 4. The molecule has 2 N–H and O–H groups in total. The molecule has 0 saturated carbocycles. The van der Waals surface area contributed by atoms with E-state index in [1.165, 1.54) is 7.11 Å². The molecule has 0 radical (unpaired) electrons. The van der Waals surface area contributed by atoms with Gasteiger partial charge in [0.05, 0.1) is 13.2 Å². The van der Waals surface area contributed by atoms with Crippen LogP contribution in [0, 0.1) is 0 Å². The first kappa shape index (κ1) is 24.5. The molecule has 0 aliphatic rings. The van der Waals surface area contributed by atoms with Gasteiger partial charge in [0.25, 0.3) is 0 Å². The number of carbonyl (C=O) groups is 2. The molecule has 0 saturated heterocycles. The fraction of sp³-hybridized carbons (Fsp3) is 0.133. The highest BCUT2D eigenvalue weighted by atomic mass is 16.6. The van der Waals surface area contributed by atoms with Gasteiger partial charge in [-0.15, -0.1) is 0 Å². The minimum atomic E-state index is -1.65. The summed E-state index contributed by atoms with van der Waals surface area (Å²) >= 11 is 0. The molecule has 0 aliphatic heterocycles. The van der Waals surface area contributed by atoms with Gasteiger partial charge in [-0.1, -0.05) is 109 Å². The Morgan fingerprint density at radius 2 is 1.28 bits per heavy atom. The van der Waals surface area contributed by atoms with Crippen LogP contribution in [0.3, 0.4) is 0 Å². The number of carbonyl (C=O) groups excluding carboxylic acids is 2. The van der Waals surface area contributed by atoms with Crippen molar-refractivity contribution in [3.05, 3.63) is 138 Å². The van der Waals surface area contributed by atoms with Crippen LogP contribution in [0.1, 0.15) is 22.7 Å². The Bertz CT molecular complexity index is 1250. The number of ether oxygens (including phenoxy) is 2. The maximum absolute atomic E-state index is 13.7. The Morgan fingerprint density at radius 3 is 1.86 bits per heavy atom. The second kappa shape index (κ2) is 11.7. The van der Waals surface area contributed by atoms with E-state index in [1.54, 1.807) is 12.1 Å². The molecular formula is C30H28N2O4. The first-order valence-electron chi connectivity index (χ1n) is 11.6. The van der Waals surface area contributed by atoms with Crippen molar-refractivity contribution in [1.29, 1.82) is 0 Å². The van der Waals surface area contributed by atoms with Crippen LogP contribution in [0.2, 0.25) is 0 Å². The van der Waals surface area contributed by atoms with E-state index in [2.05, 4.69) is 10.6 Å². The quantitative estimate of drug-likeness (QED) is 0.295. The van der Waals surface area contributed by atoms with Gasteiger partial charge in [0.2, 0.25) is 0 Å². The van der Waals surface area contributed by atoms with Crippen molar-refractivity contribution < 1.29 is 19.1 Å². The van der Waals surface area contributed by atoms with Crippen molar-refractivity contribution in [1.82, 2.24) is 5.32 Å². The number of hydrogen-bond acceptors (Lipinski definition) is 5. The van der Waals surface area contributed by atoms with Crippen LogP contribution < -0.4 is 10.6 Å². The lowest BCUT2D eigenvalue weighted by Crippen LogP contribution is -2.58. The average Bonchev–Trinajstić information content (AvgIpc) is 2.95. The zero-order valence-corrected chi connectivity index (χ0v) is 20.0. The molecular weight excluding hydrogens is 452 g/mol. The number of esters is 1. The Labute approximate surface area is 210 Å². The number of hydrogen-bond donors (Lipinski definition) is 2. The Hall–Kier alpha value is -4.58. The summed E-state index contributed by atoms with van der Waals surface area (Å²) in [5.74, 6) is -0.636. The van der Waals surface area contributed by atoms with Crippen LogP contribution in [0.25, 0.3) is 0 Å². The molecule has 36 heavy (non-hydrogen) atoms. The van der Waals surface area contributed by atoms with Gasteiger partial charge < -0.3 is 14.8 Å². The third kappa shape index (κ3) is 5.55. The van der Waals surface area contributed by atoms with Crippen molar-refractivity contribution in [2.24, 2.45) is 0 Å². The number of anilines is 1. The summed E-state index contributed by atoms with van der Waals surface area (Å²) in [6.45, 7) is 0.0564. The minimum Gasteiger partial charge on any atom is -0.467 e. The first-order valence-corrected chi connectivity index (χ1v) is 11.6. The van der Waals surface area contributed by atoms with Gasteiger partial charge in [-0.2, -0.15) is 0 Å². The number of amides is 1. The maximum Gasteiger partial charge on any atom is 0.408 e. The number of rotatable bonds is 9. The van der Waals surface area contributed by atoms with E-state index in [4.69, 9.17) is 9.47 Å². The molecule has 6 nitrogen and oxygen atoms in total. The first-order chi connectivity index (χ1) is 17.6. The molecule has 0 spiro atoms. The molecule has 0 aliphatic carbocycles. The summed E-state index contributed by atoms with van der Waals surface area (Å²) in [5, 5.41) is 6.35. The third-order valence-electron chi connectivity index (χ3n) is 5.90. The molecule has 0 heterocycles. The largest absolute Gasteiger partial charge is 0.467 e. The highest BCUT2D eigenvalue weighted by Gasteiger charge is 2.51. The summed E-state index contributed by atoms with van der Waals surface area (Å²) < 4.78 is 10.9. The lowest BCUT2D eigenvalue weighted by Gasteiger charge is -2.40. The number of para-hydroxylation sites is 1. The van der Waals surface area contributed by atoms with E-state index in [0.29, 0.717) is 5.56 Å². The third-order valence-corrected chi connectivity index (χ3v) is 5.90. The summed E-state index contributed by atoms with van der Waals surface area (Å²) in [7, 11) is 1.31. The second-order valence-corrected chi connectivity index (χ2v) is 8.21. The standard InChI is InChI=1S/C30H28N2O4/c1-35-28(33)30(25-18-10-4-11-19-25,32-29(34)36-22-23-14-6-2-7-15-23)27(24-16-8-3-9-17-24)31-26-20-12-5-13-21-26/h2-21,27,31H,22H2,1H3,(H,32,34)/t27-,30+/m1/s1. The SMILES string of the molecule is COC(=O)[C@](NC(=O)OCc1ccccc1)(c1ccccc1)[C@H](Nc1ccccc1)c1ccccc1. The van der Waals surface area contributed by atoms with Crippen LogP contribution in [-0.4, -0.2) is 19.2 Å². The predicted molar refractivity (Wildman–Crippen MR) is 139 cm³/mol. The molecule has 182 valence electrons. The van der Waals surface area contributed by atoms with Gasteiger partial charge >= 0.3 is 12.1 Å². The fourth-order valence-electron chi connectivity index (χ4n) is 4.17. The van der Waals surface area contributed by atoms with E-state index in [0.717, 1.165) is 16.8 Å². The Balaban J connectivity index is 1.80. The molecule has 0 unspecified atom stereocenters. The molecule has 0 fully saturated rings. The van der Waals surface area contributed by atoms with Gasteiger partial charge in [-0.25, -0.2) is 9.59 Å². The van der Waals surface area contributed by atoms with E-state index in [-0.39, 0.29) is 6.61 Å². The van der Waals surface area contributed by atoms with Gasteiger partial charge in [-0.3, -0.25) is 5.32 Å².